The Labute approximate surface area is 272 Å². The second-order valence-electron chi connectivity index (χ2n) is 13.0. The van der Waals surface area contributed by atoms with Gasteiger partial charge in [0.05, 0.1) is 11.8 Å². The predicted octanol–water partition coefficient (Wildman–Crippen LogP) is 6.50. The number of carbonyl (C=O) groups is 2. The molecule has 2 unspecified atom stereocenters. The number of hydrogen-bond donors (Lipinski definition) is 1. The van der Waals surface area contributed by atoms with Crippen LogP contribution < -0.4 is 5.73 Å². The molecule has 1 heterocycles. The van der Waals surface area contributed by atoms with E-state index in [4.69, 9.17) is 15.2 Å². The van der Waals surface area contributed by atoms with E-state index in [9.17, 15) is 9.59 Å². The fourth-order valence-electron chi connectivity index (χ4n) is 6.12. The van der Waals surface area contributed by atoms with Crippen molar-refractivity contribution in [2.45, 2.75) is 130 Å². The molecular formula is C36H72N4O4. The molecule has 260 valence electrons. The minimum atomic E-state index is -0.0285. The molecule has 0 aromatic carbocycles. The first-order valence-electron chi connectivity index (χ1n) is 18.7. The summed E-state index contributed by atoms with van der Waals surface area (Å²) >= 11 is 0. The largest absolute Gasteiger partial charge is 0.464 e. The Balaban J connectivity index is 2.66. The van der Waals surface area contributed by atoms with Crippen LogP contribution in [0.25, 0.3) is 0 Å². The van der Waals surface area contributed by atoms with Gasteiger partial charge in [0.2, 0.25) is 0 Å². The number of esters is 2. The van der Waals surface area contributed by atoms with Crippen molar-refractivity contribution in [3.8, 4) is 0 Å². The minimum absolute atomic E-state index is 0.0170. The molecular weight excluding hydrogens is 552 g/mol. The Kier molecular flexibility index (Phi) is 26.0. The molecule has 0 amide bonds. The zero-order chi connectivity index (χ0) is 32.3. The monoisotopic (exact) mass is 625 g/mol. The molecule has 1 aliphatic heterocycles. The summed E-state index contributed by atoms with van der Waals surface area (Å²) in [4.78, 5) is 33.3. The summed E-state index contributed by atoms with van der Waals surface area (Å²) < 4.78 is 11.8. The molecule has 1 fully saturated rings. The third kappa shape index (κ3) is 20.0. The van der Waals surface area contributed by atoms with Crippen LogP contribution >= 0.6 is 0 Å². The number of hydrogen-bond acceptors (Lipinski definition) is 8. The Morgan fingerprint density at radius 1 is 0.591 bits per heavy atom. The molecule has 0 spiro atoms. The maximum Gasteiger partial charge on any atom is 0.308 e. The zero-order valence-corrected chi connectivity index (χ0v) is 29.5. The van der Waals surface area contributed by atoms with E-state index in [2.05, 4.69) is 42.4 Å². The summed E-state index contributed by atoms with van der Waals surface area (Å²) in [5, 5.41) is 0. The molecule has 8 heteroatoms. The molecule has 0 radical (unpaired) electrons. The topological polar surface area (TPSA) is 88.3 Å². The summed E-state index contributed by atoms with van der Waals surface area (Å²) in [6.45, 7) is 18.6. The van der Waals surface area contributed by atoms with Crippen LogP contribution in [0.4, 0.5) is 0 Å². The summed E-state index contributed by atoms with van der Waals surface area (Å²) in [6, 6.07) is 0. The van der Waals surface area contributed by atoms with Gasteiger partial charge in [-0.2, -0.15) is 0 Å². The average molecular weight is 625 g/mol. The van der Waals surface area contributed by atoms with Crippen molar-refractivity contribution in [1.29, 1.82) is 0 Å². The van der Waals surface area contributed by atoms with Crippen LogP contribution in [0.15, 0.2) is 0 Å². The van der Waals surface area contributed by atoms with Gasteiger partial charge in [-0.05, 0) is 25.7 Å². The molecule has 1 aliphatic rings. The first kappa shape index (κ1) is 40.8. The number of ether oxygens (including phenoxy) is 2. The van der Waals surface area contributed by atoms with Crippen molar-refractivity contribution in [2.24, 2.45) is 17.6 Å². The quantitative estimate of drug-likeness (QED) is 0.0745. The third-order valence-electron chi connectivity index (χ3n) is 9.24. The van der Waals surface area contributed by atoms with Crippen LogP contribution in [0.5, 0.6) is 0 Å². The molecule has 2 atom stereocenters. The van der Waals surface area contributed by atoms with Crippen LogP contribution in [0, 0.1) is 11.8 Å². The van der Waals surface area contributed by atoms with Gasteiger partial charge in [-0.15, -0.1) is 0 Å². The predicted molar refractivity (Wildman–Crippen MR) is 184 cm³/mol. The van der Waals surface area contributed by atoms with Gasteiger partial charge in [-0.3, -0.25) is 24.3 Å². The average Bonchev–Trinajstić information content (AvgIpc) is 3.03. The van der Waals surface area contributed by atoms with E-state index in [1.54, 1.807) is 0 Å². The lowest BCUT2D eigenvalue weighted by atomic mass is 9.95. The van der Waals surface area contributed by atoms with Crippen molar-refractivity contribution >= 4 is 11.9 Å². The van der Waals surface area contributed by atoms with Crippen molar-refractivity contribution < 1.29 is 19.1 Å². The van der Waals surface area contributed by atoms with Crippen LogP contribution in [-0.4, -0.2) is 105 Å². The van der Waals surface area contributed by atoms with Crippen molar-refractivity contribution in [3.63, 3.8) is 0 Å². The molecule has 0 aromatic rings. The lowest BCUT2D eigenvalue weighted by molar-refractivity contribution is -0.150. The normalized spacial score (nSPS) is 15.9. The van der Waals surface area contributed by atoms with Crippen molar-refractivity contribution in [1.82, 2.24) is 14.7 Å². The van der Waals surface area contributed by atoms with Crippen LogP contribution in [-0.2, 0) is 19.1 Å². The Bertz CT molecular complexity index is 645. The van der Waals surface area contributed by atoms with Crippen molar-refractivity contribution in [3.05, 3.63) is 0 Å². The van der Waals surface area contributed by atoms with Gasteiger partial charge in [-0.25, -0.2) is 0 Å². The minimum Gasteiger partial charge on any atom is -0.464 e. The zero-order valence-electron chi connectivity index (χ0n) is 29.5. The van der Waals surface area contributed by atoms with Gasteiger partial charge in [-0.1, -0.05) is 105 Å². The number of piperazine rings is 1. The fourth-order valence-corrected chi connectivity index (χ4v) is 6.12. The van der Waals surface area contributed by atoms with E-state index in [-0.39, 0.29) is 23.8 Å². The van der Waals surface area contributed by atoms with E-state index in [1.807, 2.05) is 0 Å². The molecule has 0 bridgehead atoms. The molecule has 2 N–H and O–H groups in total. The van der Waals surface area contributed by atoms with Crippen LogP contribution in [0.3, 0.4) is 0 Å². The SMILES string of the molecule is CCCCCCC(CCCC)C(=O)OCCN(CCOC(=O)C(CCCC)CCCCCC)CCN1CCN(CCN)CC1. The van der Waals surface area contributed by atoms with Gasteiger partial charge in [0.15, 0.2) is 0 Å². The number of unbranched alkanes of at least 4 members (excludes halogenated alkanes) is 8. The van der Waals surface area contributed by atoms with E-state index >= 15 is 0 Å². The highest BCUT2D eigenvalue weighted by atomic mass is 16.5. The van der Waals surface area contributed by atoms with Gasteiger partial charge in [0, 0.05) is 65.4 Å². The number of carbonyl (C=O) groups excluding carboxylic acids is 2. The molecule has 0 aliphatic carbocycles. The van der Waals surface area contributed by atoms with Gasteiger partial charge in [0.25, 0.3) is 0 Å². The first-order chi connectivity index (χ1) is 21.5. The number of nitrogens with zero attached hydrogens (tertiary/aromatic N) is 3. The number of rotatable bonds is 29. The lowest BCUT2D eigenvalue weighted by Crippen LogP contribution is -2.49. The molecule has 0 aromatic heterocycles. The molecule has 8 nitrogen and oxygen atoms in total. The van der Waals surface area contributed by atoms with Crippen LogP contribution in [0.2, 0.25) is 0 Å². The second-order valence-corrected chi connectivity index (χ2v) is 13.0. The summed E-state index contributed by atoms with van der Waals surface area (Å²) in [6.07, 6.45) is 17.5. The van der Waals surface area contributed by atoms with E-state index in [0.29, 0.717) is 32.8 Å². The molecule has 44 heavy (non-hydrogen) atoms. The molecule has 0 saturated carbocycles. The smallest absolute Gasteiger partial charge is 0.308 e. The molecule has 1 saturated heterocycles. The maximum atomic E-state index is 13.0. The van der Waals surface area contributed by atoms with E-state index in [1.165, 1.54) is 38.5 Å². The first-order valence-corrected chi connectivity index (χ1v) is 18.7. The lowest BCUT2D eigenvalue weighted by Gasteiger charge is -2.35. The fraction of sp³-hybridized carbons (Fsp3) is 0.944. The Morgan fingerprint density at radius 3 is 1.41 bits per heavy atom. The summed E-state index contributed by atoms with van der Waals surface area (Å²) in [7, 11) is 0. The van der Waals surface area contributed by atoms with Gasteiger partial charge >= 0.3 is 11.9 Å². The van der Waals surface area contributed by atoms with Gasteiger partial charge < -0.3 is 15.2 Å². The molecule has 1 rings (SSSR count). The van der Waals surface area contributed by atoms with Crippen molar-refractivity contribution in [2.75, 3.05) is 78.7 Å². The highest BCUT2D eigenvalue weighted by Gasteiger charge is 2.22. The summed E-state index contributed by atoms with van der Waals surface area (Å²) in [5.74, 6) is -0.0230. The highest BCUT2D eigenvalue weighted by molar-refractivity contribution is 5.72. The van der Waals surface area contributed by atoms with Gasteiger partial charge in [0.1, 0.15) is 13.2 Å². The summed E-state index contributed by atoms with van der Waals surface area (Å²) in [5.41, 5.74) is 5.75. The second kappa shape index (κ2) is 28.0. The third-order valence-corrected chi connectivity index (χ3v) is 9.24. The maximum absolute atomic E-state index is 13.0. The number of nitrogens with two attached hydrogens (primary N) is 1. The van der Waals surface area contributed by atoms with E-state index < -0.39 is 0 Å². The Morgan fingerprint density at radius 2 is 1.00 bits per heavy atom. The Hall–Kier alpha value is -1.22. The highest BCUT2D eigenvalue weighted by Crippen LogP contribution is 2.20. The standard InChI is InChI=1S/C36H72N4O4/c1-5-9-13-15-19-33(17-11-7-3)35(41)43-31-29-40(28-27-39-25-23-38(22-21-37)24-26-39)30-32-44-36(42)34(18-12-8-4)20-16-14-10-6-2/h33-34H,5-32,37H2,1-4H3. The van der Waals surface area contributed by atoms with E-state index in [0.717, 1.165) is 110 Å². The van der Waals surface area contributed by atoms with Crippen LogP contribution in [0.1, 0.15) is 130 Å².